The number of hydrogen-bond donors (Lipinski definition) is 1. The number of fused-ring (bicyclic) bond motifs is 1. The normalized spacial score (nSPS) is 11.9. The third-order valence-corrected chi connectivity index (χ3v) is 2.19. The van der Waals surface area contributed by atoms with Gasteiger partial charge in [0, 0.05) is 5.39 Å². The summed E-state index contributed by atoms with van der Waals surface area (Å²) in [6, 6.07) is 5.91. The molecule has 0 bridgehead atoms. The second kappa shape index (κ2) is 3.76. The van der Waals surface area contributed by atoms with Gasteiger partial charge in [0.1, 0.15) is 6.54 Å². The number of aromatic nitrogens is 2. The average Bonchev–Trinajstić information content (AvgIpc) is 2.55. The first-order valence-electron chi connectivity index (χ1n) is 4.64. The third kappa shape index (κ3) is 2.22. The SMILES string of the molecule is O=C(O)c1nn(CC(F)(F)F)c2ccccc12. The Morgan fingerprint density at radius 3 is 2.59 bits per heavy atom. The fraction of sp³-hybridized carbons (Fsp3) is 0.200. The van der Waals surface area contributed by atoms with Crippen LogP contribution in [0.25, 0.3) is 10.9 Å². The number of rotatable bonds is 2. The largest absolute Gasteiger partial charge is 0.476 e. The van der Waals surface area contributed by atoms with E-state index in [1.165, 1.54) is 18.2 Å². The van der Waals surface area contributed by atoms with Crippen molar-refractivity contribution in [2.45, 2.75) is 12.7 Å². The van der Waals surface area contributed by atoms with Gasteiger partial charge in [0.2, 0.25) is 0 Å². The van der Waals surface area contributed by atoms with Crippen molar-refractivity contribution in [2.24, 2.45) is 0 Å². The minimum absolute atomic E-state index is 0.155. The summed E-state index contributed by atoms with van der Waals surface area (Å²) in [6.07, 6.45) is -4.44. The van der Waals surface area contributed by atoms with Gasteiger partial charge in [-0.1, -0.05) is 18.2 Å². The summed E-state index contributed by atoms with van der Waals surface area (Å²) in [6.45, 7) is -1.30. The number of carboxylic acids is 1. The Hall–Kier alpha value is -2.05. The van der Waals surface area contributed by atoms with Gasteiger partial charge in [0.15, 0.2) is 5.69 Å². The number of carbonyl (C=O) groups is 1. The molecule has 0 amide bonds. The van der Waals surface area contributed by atoms with E-state index in [0.29, 0.717) is 4.68 Å². The molecule has 2 aromatic rings. The number of para-hydroxylation sites is 1. The molecular weight excluding hydrogens is 237 g/mol. The number of nitrogens with zero attached hydrogens (tertiary/aromatic N) is 2. The lowest BCUT2D eigenvalue weighted by molar-refractivity contribution is -0.141. The van der Waals surface area contributed by atoms with Crippen molar-refractivity contribution in [2.75, 3.05) is 0 Å². The predicted molar refractivity (Wildman–Crippen MR) is 52.7 cm³/mol. The highest BCUT2D eigenvalue weighted by Gasteiger charge is 2.30. The third-order valence-electron chi connectivity index (χ3n) is 2.19. The average molecular weight is 244 g/mol. The summed E-state index contributed by atoms with van der Waals surface area (Å²) in [7, 11) is 0. The molecule has 1 aromatic carbocycles. The molecule has 2 rings (SSSR count). The van der Waals surface area contributed by atoms with Gasteiger partial charge in [-0.25, -0.2) is 4.79 Å². The Kier molecular flexibility index (Phi) is 2.53. The van der Waals surface area contributed by atoms with Crippen LogP contribution in [0.2, 0.25) is 0 Å². The fourth-order valence-electron chi connectivity index (χ4n) is 1.58. The highest BCUT2D eigenvalue weighted by atomic mass is 19.4. The Labute approximate surface area is 93.3 Å². The summed E-state index contributed by atoms with van der Waals surface area (Å²) in [4.78, 5) is 10.8. The van der Waals surface area contributed by atoms with Crippen molar-refractivity contribution in [3.8, 4) is 0 Å². The first-order chi connectivity index (χ1) is 7.88. The van der Waals surface area contributed by atoms with E-state index in [-0.39, 0.29) is 16.6 Å². The molecule has 0 aliphatic carbocycles. The maximum atomic E-state index is 12.3. The molecule has 7 heteroatoms. The van der Waals surface area contributed by atoms with Crippen molar-refractivity contribution in [3.63, 3.8) is 0 Å². The lowest BCUT2D eigenvalue weighted by atomic mass is 10.2. The zero-order chi connectivity index (χ0) is 12.6. The molecular formula is C10H7F3N2O2. The van der Waals surface area contributed by atoms with Crippen LogP contribution in [0, 0.1) is 0 Å². The number of hydrogen-bond acceptors (Lipinski definition) is 2. The second-order valence-electron chi connectivity index (χ2n) is 3.44. The van der Waals surface area contributed by atoms with Crippen LogP contribution < -0.4 is 0 Å². The Balaban J connectivity index is 2.61. The Bertz CT molecular complexity index is 574. The van der Waals surface area contributed by atoms with Crippen LogP contribution in [0.5, 0.6) is 0 Å². The summed E-state index contributed by atoms with van der Waals surface area (Å²) in [5, 5.41) is 12.5. The maximum Gasteiger partial charge on any atom is 0.408 e. The molecule has 0 atom stereocenters. The smallest absolute Gasteiger partial charge is 0.408 e. The van der Waals surface area contributed by atoms with Gasteiger partial charge < -0.3 is 5.11 Å². The van der Waals surface area contributed by atoms with E-state index in [1.54, 1.807) is 6.07 Å². The van der Waals surface area contributed by atoms with E-state index in [0.717, 1.165) is 0 Å². The van der Waals surface area contributed by atoms with E-state index in [9.17, 15) is 18.0 Å². The summed E-state index contributed by atoms with van der Waals surface area (Å²) in [5.41, 5.74) is -0.216. The number of aromatic carboxylic acids is 1. The Morgan fingerprint density at radius 2 is 2.00 bits per heavy atom. The second-order valence-corrected chi connectivity index (χ2v) is 3.44. The van der Waals surface area contributed by atoms with Gasteiger partial charge in [-0.2, -0.15) is 18.3 Å². The molecule has 1 heterocycles. The van der Waals surface area contributed by atoms with Crippen molar-refractivity contribution >= 4 is 16.9 Å². The van der Waals surface area contributed by atoms with E-state index < -0.39 is 18.7 Å². The van der Waals surface area contributed by atoms with Crippen molar-refractivity contribution < 1.29 is 23.1 Å². The molecule has 0 unspecified atom stereocenters. The van der Waals surface area contributed by atoms with Crippen LogP contribution in [0.4, 0.5) is 13.2 Å². The zero-order valence-electron chi connectivity index (χ0n) is 8.40. The van der Waals surface area contributed by atoms with E-state index >= 15 is 0 Å². The number of benzene rings is 1. The molecule has 1 aromatic heterocycles. The van der Waals surface area contributed by atoms with Crippen LogP contribution in [-0.4, -0.2) is 27.0 Å². The lowest BCUT2D eigenvalue weighted by Gasteiger charge is -2.06. The van der Waals surface area contributed by atoms with Gasteiger partial charge in [-0.15, -0.1) is 0 Å². The molecule has 1 N–H and O–H groups in total. The predicted octanol–water partition coefficient (Wildman–Crippen LogP) is 2.30. The van der Waals surface area contributed by atoms with Crippen LogP contribution in [0.15, 0.2) is 24.3 Å². The van der Waals surface area contributed by atoms with Crippen molar-refractivity contribution in [1.29, 1.82) is 0 Å². The summed E-state index contributed by atoms with van der Waals surface area (Å²) >= 11 is 0. The van der Waals surface area contributed by atoms with E-state index in [2.05, 4.69) is 5.10 Å². The topological polar surface area (TPSA) is 55.1 Å². The minimum atomic E-state index is -4.44. The fourth-order valence-corrected chi connectivity index (χ4v) is 1.58. The monoisotopic (exact) mass is 244 g/mol. The molecule has 0 spiro atoms. The van der Waals surface area contributed by atoms with Crippen LogP contribution in [0.3, 0.4) is 0 Å². The van der Waals surface area contributed by atoms with Crippen molar-refractivity contribution in [1.82, 2.24) is 9.78 Å². The molecule has 0 saturated heterocycles. The summed E-state index contributed by atoms with van der Waals surface area (Å²) in [5.74, 6) is -1.35. The van der Waals surface area contributed by atoms with E-state index in [1.807, 2.05) is 0 Å². The molecule has 0 aliphatic heterocycles. The van der Waals surface area contributed by atoms with Crippen LogP contribution >= 0.6 is 0 Å². The van der Waals surface area contributed by atoms with Gasteiger partial charge >= 0.3 is 12.1 Å². The van der Waals surface area contributed by atoms with Gasteiger partial charge in [0.25, 0.3) is 0 Å². The number of carboxylic acid groups (broad SMARTS) is 1. The molecule has 90 valence electrons. The van der Waals surface area contributed by atoms with Gasteiger partial charge in [-0.05, 0) is 6.07 Å². The molecule has 0 aliphatic rings. The molecule has 4 nitrogen and oxygen atoms in total. The maximum absolute atomic E-state index is 12.3. The number of alkyl halides is 3. The quantitative estimate of drug-likeness (QED) is 0.881. The molecule has 0 fully saturated rings. The van der Waals surface area contributed by atoms with Gasteiger partial charge in [0.05, 0.1) is 5.52 Å². The highest BCUT2D eigenvalue weighted by Crippen LogP contribution is 2.23. The van der Waals surface area contributed by atoms with E-state index in [4.69, 9.17) is 5.11 Å². The van der Waals surface area contributed by atoms with Gasteiger partial charge in [-0.3, -0.25) is 4.68 Å². The highest BCUT2D eigenvalue weighted by molar-refractivity contribution is 6.01. The van der Waals surface area contributed by atoms with Crippen molar-refractivity contribution in [3.05, 3.63) is 30.0 Å². The standard InChI is InChI=1S/C10H7F3N2O2/c11-10(12,13)5-15-7-4-2-1-3-6(7)8(14-15)9(16)17/h1-4H,5H2,(H,16,17). The Morgan fingerprint density at radius 1 is 1.35 bits per heavy atom. The number of halogens is 3. The van der Waals surface area contributed by atoms with Crippen LogP contribution in [0.1, 0.15) is 10.5 Å². The lowest BCUT2D eigenvalue weighted by Crippen LogP contribution is -2.18. The minimum Gasteiger partial charge on any atom is -0.476 e. The van der Waals surface area contributed by atoms with Crippen LogP contribution in [-0.2, 0) is 6.54 Å². The molecule has 0 radical (unpaired) electrons. The zero-order valence-corrected chi connectivity index (χ0v) is 8.40. The molecule has 0 saturated carbocycles. The molecule has 17 heavy (non-hydrogen) atoms. The first kappa shape index (κ1) is 11.4. The first-order valence-corrected chi connectivity index (χ1v) is 4.64. The summed E-state index contributed by atoms with van der Waals surface area (Å²) < 4.78 is 37.5.